The van der Waals surface area contributed by atoms with Crippen LogP contribution in [-0.4, -0.2) is 45.8 Å². The highest BCUT2D eigenvalue weighted by molar-refractivity contribution is 7.91. The number of carbonyl (C=O) groups is 2. The molecule has 0 spiro atoms. The Morgan fingerprint density at radius 2 is 1.61 bits per heavy atom. The fourth-order valence-corrected chi connectivity index (χ4v) is 4.22. The second-order valence-electron chi connectivity index (χ2n) is 7.69. The molecule has 9 nitrogen and oxygen atoms in total. The van der Waals surface area contributed by atoms with Crippen LogP contribution in [0.15, 0.2) is 78.3 Å². The van der Waals surface area contributed by atoms with Gasteiger partial charge in [0.1, 0.15) is 17.8 Å². The fraction of sp³-hybridized carbons (Fsp3) is 0.120. The lowest BCUT2D eigenvalue weighted by atomic mass is 10.0. The van der Waals surface area contributed by atoms with Crippen LogP contribution < -0.4 is 5.32 Å². The number of carbonyl (C=O) groups excluding carboxylic acids is 2. The SMILES string of the molecule is CCS(=O)(=O)c1ccc(CC(=O)Nc2ncc(-c3cncnc3)c(C(=O)c3ccc(F)cc3)n2)cc1. The van der Waals surface area contributed by atoms with Crippen molar-refractivity contribution in [2.75, 3.05) is 11.1 Å². The van der Waals surface area contributed by atoms with Crippen LogP contribution in [0.2, 0.25) is 0 Å². The Morgan fingerprint density at radius 3 is 2.25 bits per heavy atom. The molecule has 2 aromatic carbocycles. The summed E-state index contributed by atoms with van der Waals surface area (Å²) in [5, 5.41) is 2.56. The number of nitrogens with one attached hydrogen (secondary N) is 1. The van der Waals surface area contributed by atoms with E-state index in [4.69, 9.17) is 0 Å². The minimum absolute atomic E-state index is 0.0177. The predicted octanol–water partition coefficient (Wildman–Crippen LogP) is 3.28. The quantitative estimate of drug-likeness (QED) is 0.361. The molecular weight excluding hydrogens is 485 g/mol. The molecule has 0 fully saturated rings. The van der Waals surface area contributed by atoms with Crippen molar-refractivity contribution in [2.24, 2.45) is 0 Å². The molecule has 11 heteroatoms. The number of hydrogen-bond acceptors (Lipinski definition) is 8. The van der Waals surface area contributed by atoms with Crippen molar-refractivity contribution >= 4 is 27.5 Å². The van der Waals surface area contributed by atoms with Crippen molar-refractivity contribution < 1.29 is 22.4 Å². The molecule has 36 heavy (non-hydrogen) atoms. The molecule has 4 aromatic rings. The summed E-state index contributed by atoms with van der Waals surface area (Å²) in [7, 11) is -3.34. The molecule has 0 saturated heterocycles. The number of anilines is 1. The Morgan fingerprint density at radius 1 is 0.944 bits per heavy atom. The van der Waals surface area contributed by atoms with Gasteiger partial charge in [-0.15, -0.1) is 0 Å². The molecule has 0 atom stereocenters. The van der Waals surface area contributed by atoms with Crippen molar-refractivity contribution in [2.45, 2.75) is 18.2 Å². The Labute approximate surface area is 206 Å². The van der Waals surface area contributed by atoms with E-state index in [0.29, 0.717) is 16.7 Å². The molecule has 182 valence electrons. The van der Waals surface area contributed by atoms with Crippen molar-refractivity contribution in [1.82, 2.24) is 19.9 Å². The van der Waals surface area contributed by atoms with E-state index in [0.717, 1.165) is 0 Å². The summed E-state index contributed by atoms with van der Waals surface area (Å²) in [5.74, 6) is -1.57. The van der Waals surface area contributed by atoms with Crippen LogP contribution in [-0.2, 0) is 21.1 Å². The molecule has 1 N–H and O–H groups in total. The highest BCUT2D eigenvalue weighted by atomic mass is 32.2. The molecule has 4 rings (SSSR count). The smallest absolute Gasteiger partial charge is 0.231 e. The van der Waals surface area contributed by atoms with E-state index in [-0.39, 0.29) is 34.3 Å². The van der Waals surface area contributed by atoms with Crippen LogP contribution in [0.5, 0.6) is 0 Å². The van der Waals surface area contributed by atoms with Gasteiger partial charge in [0.2, 0.25) is 17.6 Å². The third-order valence-corrected chi connectivity index (χ3v) is 7.01. The van der Waals surface area contributed by atoms with Gasteiger partial charge in [-0.05, 0) is 42.0 Å². The number of rotatable bonds is 8. The van der Waals surface area contributed by atoms with E-state index in [1.54, 1.807) is 19.1 Å². The topological polar surface area (TPSA) is 132 Å². The molecule has 2 aromatic heterocycles. The summed E-state index contributed by atoms with van der Waals surface area (Å²) in [6, 6.07) is 11.0. The lowest BCUT2D eigenvalue weighted by Crippen LogP contribution is -2.18. The third-order valence-electron chi connectivity index (χ3n) is 5.26. The summed E-state index contributed by atoms with van der Waals surface area (Å²) in [6.07, 6.45) is 5.64. The van der Waals surface area contributed by atoms with Crippen LogP contribution in [0.3, 0.4) is 0 Å². The Hall–Kier alpha value is -4.38. The highest BCUT2D eigenvalue weighted by Crippen LogP contribution is 2.24. The highest BCUT2D eigenvalue weighted by Gasteiger charge is 2.20. The average molecular weight is 506 g/mol. The van der Waals surface area contributed by atoms with Crippen molar-refractivity contribution in [1.29, 1.82) is 0 Å². The second kappa shape index (κ2) is 10.5. The molecule has 0 saturated carbocycles. The first-order valence-electron chi connectivity index (χ1n) is 10.8. The Kier molecular flexibility index (Phi) is 7.20. The number of halogens is 1. The van der Waals surface area contributed by atoms with Crippen LogP contribution in [0.25, 0.3) is 11.1 Å². The third kappa shape index (κ3) is 5.63. The van der Waals surface area contributed by atoms with Crippen LogP contribution >= 0.6 is 0 Å². The van der Waals surface area contributed by atoms with Crippen molar-refractivity contribution in [3.8, 4) is 11.1 Å². The van der Waals surface area contributed by atoms with Gasteiger partial charge < -0.3 is 0 Å². The van der Waals surface area contributed by atoms with E-state index in [9.17, 15) is 22.4 Å². The molecule has 0 aliphatic heterocycles. The fourth-order valence-electron chi connectivity index (χ4n) is 3.34. The standard InChI is InChI=1S/C25H20FN5O4S/c1-2-36(34,35)20-9-3-16(4-10-20)11-22(32)30-25-29-14-21(18-12-27-15-28-13-18)23(31-25)24(33)17-5-7-19(26)8-6-17/h3-10,12-15H,2,11H2,1H3,(H,29,30,31,32). The summed E-state index contributed by atoms with van der Waals surface area (Å²) < 4.78 is 37.3. The molecule has 0 aliphatic carbocycles. The number of amides is 1. The number of sulfone groups is 1. The van der Waals surface area contributed by atoms with Gasteiger partial charge in [-0.3, -0.25) is 14.9 Å². The molecule has 0 unspecified atom stereocenters. The zero-order valence-corrected chi connectivity index (χ0v) is 19.9. The maximum atomic E-state index is 13.4. The summed E-state index contributed by atoms with van der Waals surface area (Å²) in [6.45, 7) is 1.56. The zero-order chi connectivity index (χ0) is 25.7. The van der Waals surface area contributed by atoms with Gasteiger partial charge in [0.15, 0.2) is 9.84 Å². The maximum Gasteiger partial charge on any atom is 0.231 e. The lowest BCUT2D eigenvalue weighted by molar-refractivity contribution is -0.115. The first-order valence-corrected chi connectivity index (χ1v) is 12.5. The monoisotopic (exact) mass is 505 g/mol. The van der Waals surface area contributed by atoms with Gasteiger partial charge in [-0.25, -0.2) is 32.7 Å². The number of benzene rings is 2. The van der Waals surface area contributed by atoms with E-state index < -0.39 is 27.3 Å². The van der Waals surface area contributed by atoms with Gasteiger partial charge in [-0.2, -0.15) is 0 Å². The molecule has 0 aliphatic rings. The minimum Gasteiger partial charge on any atom is -0.294 e. The van der Waals surface area contributed by atoms with Crippen molar-refractivity contribution in [3.05, 3.63) is 96.1 Å². The van der Waals surface area contributed by atoms with E-state index in [1.807, 2.05) is 0 Å². The van der Waals surface area contributed by atoms with E-state index in [2.05, 4.69) is 25.3 Å². The summed E-state index contributed by atoms with van der Waals surface area (Å²) >= 11 is 0. The van der Waals surface area contributed by atoms with Gasteiger partial charge in [-0.1, -0.05) is 19.1 Å². The van der Waals surface area contributed by atoms with Gasteiger partial charge in [0.05, 0.1) is 17.1 Å². The zero-order valence-electron chi connectivity index (χ0n) is 19.1. The predicted molar refractivity (Wildman–Crippen MR) is 129 cm³/mol. The van der Waals surface area contributed by atoms with Gasteiger partial charge >= 0.3 is 0 Å². The first-order chi connectivity index (χ1) is 17.3. The average Bonchev–Trinajstić information content (AvgIpc) is 2.89. The Balaban J connectivity index is 1.59. The van der Waals surface area contributed by atoms with Crippen LogP contribution in [0, 0.1) is 5.82 Å². The summed E-state index contributed by atoms with van der Waals surface area (Å²) in [4.78, 5) is 42.3. The lowest BCUT2D eigenvalue weighted by Gasteiger charge is -2.10. The minimum atomic E-state index is -3.34. The second-order valence-corrected chi connectivity index (χ2v) is 9.97. The molecule has 2 heterocycles. The molecule has 0 bridgehead atoms. The first kappa shape index (κ1) is 24.7. The van der Waals surface area contributed by atoms with Gasteiger partial charge in [0.25, 0.3) is 0 Å². The van der Waals surface area contributed by atoms with Crippen LogP contribution in [0.1, 0.15) is 28.5 Å². The number of hydrogen-bond donors (Lipinski definition) is 1. The van der Waals surface area contributed by atoms with Gasteiger partial charge in [0, 0.05) is 35.3 Å². The number of nitrogens with zero attached hydrogens (tertiary/aromatic N) is 4. The maximum absolute atomic E-state index is 13.4. The molecular formula is C25H20FN5O4S. The molecule has 1 amide bonds. The normalized spacial score (nSPS) is 11.2. The number of aromatic nitrogens is 4. The Bertz CT molecular complexity index is 1510. The van der Waals surface area contributed by atoms with E-state index in [1.165, 1.54) is 61.3 Å². The number of ketones is 1. The van der Waals surface area contributed by atoms with E-state index >= 15 is 0 Å². The summed E-state index contributed by atoms with van der Waals surface area (Å²) in [5.41, 5.74) is 1.60. The molecule has 0 radical (unpaired) electrons. The van der Waals surface area contributed by atoms with Crippen molar-refractivity contribution in [3.63, 3.8) is 0 Å². The largest absolute Gasteiger partial charge is 0.294 e. The van der Waals surface area contributed by atoms with Crippen LogP contribution in [0.4, 0.5) is 10.3 Å².